The third kappa shape index (κ3) is 2.11. The molecule has 70 valence electrons. The van der Waals surface area contributed by atoms with E-state index in [0.29, 0.717) is 0 Å². The quantitative estimate of drug-likeness (QED) is 0.642. The van der Waals surface area contributed by atoms with Gasteiger partial charge >= 0.3 is 0 Å². The monoisotopic (exact) mass is 183 g/mol. The zero-order chi connectivity index (χ0) is 10.6. The Balaban J connectivity index is 3.24. The molecule has 0 unspecified atom stereocenters. The number of pyridine rings is 1. The van der Waals surface area contributed by atoms with Gasteiger partial charge in [-0.3, -0.25) is 4.98 Å². The molecule has 0 radical (unpaired) electrons. The summed E-state index contributed by atoms with van der Waals surface area (Å²) in [4.78, 5) is 4.25. The van der Waals surface area contributed by atoms with Gasteiger partial charge in [-0.1, -0.05) is 25.1 Å². The number of hydrogen-bond acceptors (Lipinski definition) is 1. The molecular weight excluding hydrogens is 170 g/mol. The Morgan fingerprint density at radius 2 is 2.14 bits per heavy atom. The van der Waals surface area contributed by atoms with Crippen molar-refractivity contribution in [3.63, 3.8) is 0 Å². The number of allylic oxidation sites excluding steroid dienone is 2. The maximum Gasteiger partial charge on any atom is 0.0737 e. The lowest BCUT2D eigenvalue weighted by molar-refractivity contribution is 1.25. The van der Waals surface area contributed by atoms with Crippen LogP contribution in [0.15, 0.2) is 31.5 Å². The van der Waals surface area contributed by atoms with Gasteiger partial charge in [-0.05, 0) is 25.5 Å². The first-order chi connectivity index (χ1) is 6.66. The average Bonchev–Trinajstić information content (AvgIpc) is 2.18. The molecular formula is C13H13N. The minimum Gasteiger partial charge on any atom is -0.256 e. The van der Waals surface area contributed by atoms with Gasteiger partial charge in [-0.2, -0.15) is 0 Å². The molecule has 0 aliphatic heterocycles. The lowest BCUT2D eigenvalue weighted by Gasteiger charge is -2.05. The molecule has 0 saturated heterocycles. The van der Waals surface area contributed by atoms with E-state index in [1.807, 2.05) is 19.1 Å². The minimum atomic E-state index is 0.790. The van der Waals surface area contributed by atoms with E-state index in [2.05, 4.69) is 30.0 Å². The van der Waals surface area contributed by atoms with Crippen molar-refractivity contribution in [1.29, 1.82) is 0 Å². The second-order valence-electron chi connectivity index (χ2n) is 3.03. The Labute approximate surface area is 85.2 Å². The van der Waals surface area contributed by atoms with Crippen LogP contribution in [0.2, 0.25) is 0 Å². The highest BCUT2D eigenvalue weighted by Gasteiger charge is 2.04. The van der Waals surface area contributed by atoms with Crippen molar-refractivity contribution >= 4 is 11.1 Å². The van der Waals surface area contributed by atoms with Gasteiger partial charge in [0.2, 0.25) is 0 Å². The fourth-order valence-electron chi connectivity index (χ4n) is 1.21. The Morgan fingerprint density at radius 1 is 1.43 bits per heavy atom. The number of rotatable bonds is 2. The molecule has 1 aromatic heterocycles. The van der Waals surface area contributed by atoms with Crippen LogP contribution in [-0.2, 0) is 0 Å². The lowest BCUT2D eigenvalue weighted by Crippen LogP contribution is -1.92. The molecule has 1 rings (SSSR count). The van der Waals surface area contributed by atoms with Crippen LogP contribution in [-0.4, -0.2) is 4.98 Å². The predicted octanol–water partition coefficient (Wildman–Crippen LogP) is 3.15. The molecule has 0 aromatic carbocycles. The van der Waals surface area contributed by atoms with E-state index in [4.69, 9.17) is 0 Å². The van der Waals surface area contributed by atoms with Gasteiger partial charge in [0.1, 0.15) is 0 Å². The zero-order valence-corrected chi connectivity index (χ0v) is 8.59. The molecule has 1 heterocycles. The van der Waals surface area contributed by atoms with E-state index in [1.165, 1.54) is 0 Å². The summed E-state index contributed by atoms with van der Waals surface area (Å²) >= 11 is 0. The van der Waals surface area contributed by atoms with Crippen LogP contribution in [0.1, 0.15) is 25.1 Å². The summed E-state index contributed by atoms with van der Waals surface area (Å²) in [5.41, 5.74) is 3.56. The molecule has 14 heavy (non-hydrogen) atoms. The van der Waals surface area contributed by atoms with Crippen LogP contribution >= 0.6 is 0 Å². The average molecular weight is 183 g/mol. The minimum absolute atomic E-state index is 0.790. The number of nitrogens with zero attached hydrogens (tertiary/aromatic N) is 1. The summed E-state index contributed by atoms with van der Waals surface area (Å²) < 4.78 is 0. The molecule has 1 nitrogen and oxygen atoms in total. The van der Waals surface area contributed by atoms with Gasteiger partial charge < -0.3 is 0 Å². The first-order valence-electron chi connectivity index (χ1n) is 4.39. The molecule has 0 saturated carbocycles. The van der Waals surface area contributed by atoms with Crippen molar-refractivity contribution in [2.45, 2.75) is 13.8 Å². The summed E-state index contributed by atoms with van der Waals surface area (Å²) in [5.74, 6) is 5.76. The molecule has 0 N–H and O–H groups in total. The lowest BCUT2D eigenvalue weighted by atomic mass is 10.0. The van der Waals surface area contributed by atoms with Gasteiger partial charge in [-0.25, -0.2) is 0 Å². The normalized spacial score (nSPS) is 8.71. The van der Waals surface area contributed by atoms with Crippen LogP contribution in [0.5, 0.6) is 0 Å². The Hall–Kier alpha value is -1.81. The van der Waals surface area contributed by atoms with Crippen molar-refractivity contribution in [2.75, 3.05) is 0 Å². The molecule has 1 aromatic rings. The van der Waals surface area contributed by atoms with Crippen molar-refractivity contribution in [1.82, 2.24) is 4.98 Å². The van der Waals surface area contributed by atoms with Gasteiger partial charge in [-0.15, -0.1) is 5.92 Å². The molecule has 0 bridgehead atoms. The van der Waals surface area contributed by atoms with Crippen molar-refractivity contribution in [3.05, 3.63) is 42.7 Å². The fourth-order valence-corrected chi connectivity index (χ4v) is 1.21. The van der Waals surface area contributed by atoms with Crippen LogP contribution in [0.25, 0.3) is 11.1 Å². The third-order valence-corrected chi connectivity index (χ3v) is 1.81. The summed E-state index contributed by atoms with van der Waals surface area (Å²) in [6.45, 7) is 11.5. The third-order valence-electron chi connectivity index (χ3n) is 1.81. The Morgan fingerprint density at radius 3 is 2.71 bits per heavy atom. The second kappa shape index (κ2) is 4.43. The highest BCUT2D eigenvalue weighted by molar-refractivity contribution is 5.83. The maximum atomic E-state index is 4.25. The van der Waals surface area contributed by atoms with Crippen molar-refractivity contribution in [3.8, 4) is 11.8 Å². The van der Waals surface area contributed by atoms with E-state index in [9.17, 15) is 0 Å². The van der Waals surface area contributed by atoms with Crippen LogP contribution in [0, 0.1) is 11.8 Å². The van der Waals surface area contributed by atoms with Gasteiger partial charge in [0.15, 0.2) is 0 Å². The molecule has 1 heteroatoms. The van der Waals surface area contributed by atoms with E-state index in [0.717, 1.165) is 22.4 Å². The summed E-state index contributed by atoms with van der Waals surface area (Å²) in [5, 5.41) is 0. The second-order valence-corrected chi connectivity index (χ2v) is 3.03. The molecule has 0 amide bonds. The highest BCUT2D eigenvalue weighted by atomic mass is 14.7. The van der Waals surface area contributed by atoms with Crippen molar-refractivity contribution in [2.24, 2.45) is 0 Å². The van der Waals surface area contributed by atoms with Crippen LogP contribution < -0.4 is 0 Å². The van der Waals surface area contributed by atoms with E-state index < -0.39 is 0 Å². The molecule has 0 atom stereocenters. The standard InChI is InChI=1S/C13H13N/c1-5-7-11(4)12-8-6-9-14-13(12)10(2)3/h6,8-9H,2,4H2,1,3H3. The predicted molar refractivity (Wildman–Crippen MR) is 61.4 cm³/mol. The zero-order valence-electron chi connectivity index (χ0n) is 8.59. The summed E-state index contributed by atoms with van der Waals surface area (Å²) in [6, 6.07) is 3.84. The summed E-state index contributed by atoms with van der Waals surface area (Å²) in [7, 11) is 0. The first kappa shape index (κ1) is 10.3. The molecule has 0 aliphatic rings. The largest absolute Gasteiger partial charge is 0.256 e. The highest BCUT2D eigenvalue weighted by Crippen LogP contribution is 2.20. The Bertz CT molecular complexity index is 430. The smallest absolute Gasteiger partial charge is 0.0737 e. The van der Waals surface area contributed by atoms with Crippen LogP contribution in [0.4, 0.5) is 0 Å². The summed E-state index contributed by atoms with van der Waals surface area (Å²) in [6.07, 6.45) is 1.75. The van der Waals surface area contributed by atoms with E-state index >= 15 is 0 Å². The number of aromatic nitrogens is 1. The molecule has 0 fully saturated rings. The SMILES string of the molecule is C=C(C#CC)c1cccnc1C(=C)C. The number of hydrogen-bond donors (Lipinski definition) is 0. The van der Waals surface area contributed by atoms with E-state index in [1.54, 1.807) is 13.1 Å². The first-order valence-corrected chi connectivity index (χ1v) is 4.39. The van der Waals surface area contributed by atoms with Gasteiger partial charge in [0.25, 0.3) is 0 Å². The fraction of sp³-hybridized carbons (Fsp3) is 0.154. The molecule has 0 spiro atoms. The van der Waals surface area contributed by atoms with Crippen LogP contribution in [0.3, 0.4) is 0 Å². The molecule has 0 aliphatic carbocycles. The maximum absolute atomic E-state index is 4.25. The van der Waals surface area contributed by atoms with Gasteiger partial charge in [0, 0.05) is 17.3 Å². The topological polar surface area (TPSA) is 12.9 Å². The van der Waals surface area contributed by atoms with E-state index in [-0.39, 0.29) is 0 Å². The van der Waals surface area contributed by atoms with Crippen molar-refractivity contribution < 1.29 is 0 Å². The van der Waals surface area contributed by atoms with Gasteiger partial charge in [0.05, 0.1) is 5.69 Å². The Kier molecular flexibility index (Phi) is 3.25.